The van der Waals surface area contributed by atoms with Gasteiger partial charge in [0.25, 0.3) is 11.5 Å². The molecule has 0 bridgehead atoms. The van der Waals surface area contributed by atoms with Crippen molar-refractivity contribution in [2.24, 2.45) is 0 Å². The van der Waals surface area contributed by atoms with Crippen LogP contribution in [-0.2, 0) is 30.7 Å². The summed E-state index contributed by atoms with van der Waals surface area (Å²) in [6, 6.07) is 10.2. The molecule has 6 nitrogen and oxygen atoms in total. The minimum absolute atomic E-state index is 0.135. The zero-order valence-corrected chi connectivity index (χ0v) is 18.2. The van der Waals surface area contributed by atoms with Gasteiger partial charge in [-0.3, -0.25) is 14.4 Å². The average molecular weight is 422 g/mol. The summed E-state index contributed by atoms with van der Waals surface area (Å²) in [6.07, 6.45) is 7.53. The standard InChI is InChI=1S/C25H31N3O3/c1-2-7-22(29)27-15-13-21-19(16-27)17-28(14-12-18-8-4-3-5-9-18)25(31)23(21)24(30)26-20-10-6-11-20/h3-5,8-9,17,20H,2,6-7,10-16H2,1H3,(H,26,30). The predicted molar refractivity (Wildman–Crippen MR) is 120 cm³/mol. The first-order valence-corrected chi connectivity index (χ1v) is 11.4. The van der Waals surface area contributed by atoms with Crippen molar-refractivity contribution in [3.8, 4) is 0 Å². The van der Waals surface area contributed by atoms with Gasteiger partial charge in [-0.1, -0.05) is 37.3 Å². The Morgan fingerprint density at radius 3 is 2.61 bits per heavy atom. The predicted octanol–water partition coefficient (Wildman–Crippen LogP) is 3.06. The van der Waals surface area contributed by atoms with Crippen molar-refractivity contribution < 1.29 is 9.59 Å². The van der Waals surface area contributed by atoms with Crippen LogP contribution in [0, 0.1) is 0 Å². The number of pyridine rings is 1. The Hall–Kier alpha value is -2.89. The molecule has 0 spiro atoms. The fraction of sp³-hybridized carbons (Fsp3) is 0.480. The van der Waals surface area contributed by atoms with E-state index < -0.39 is 0 Å². The molecule has 4 rings (SSSR count). The molecule has 1 fully saturated rings. The van der Waals surface area contributed by atoms with E-state index in [1.807, 2.05) is 48.4 Å². The molecule has 0 atom stereocenters. The lowest BCUT2D eigenvalue weighted by Crippen LogP contribution is -2.45. The van der Waals surface area contributed by atoms with Crippen LogP contribution >= 0.6 is 0 Å². The van der Waals surface area contributed by atoms with Crippen LogP contribution < -0.4 is 10.9 Å². The molecule has 1 aromatic carbocycles. The van der Waals surface area contributed by atoms with Crippen molar-refractivity contribution in [1.82, 2.24) is 14.8 Å². The fourth-order valence-corrected chi connectivity index (χ4v) is 4.40. The zero-order valence-electron chi connectivity index (χ0n) is 18.2. The number of aryl methyl sites for hydroxylation is 2. The maximum Gasteiger partial charge on any atom is 0.263 e. The van der Waals surface area contributed by atoms with Crippen LogP contribution in [0.5, 0.6) is 0 Å². The molecule has 164 valence electrons. The van der Waals surface area contributed by atoms with Gasteiger partial charge in [-0.2, -0.15) is 0 Å². The number of benzene rings is 1. The first-order chi connectivity index (χ1) is 15.1. The Morgan fingerprint density at radius 1 is 1.16 bits per heavy atom. The summed E-state index contributed by atoms with van der Waals surface area (Å²) in [7, 11) is 0. The van der Waals surface area contributed by atoms with Gasteiger partial charge in [0.1, 0.15) is 5.56 Å². The average Bonchev–Trinajstić information content (AvgIpc) is 2.75. The van der Waals surface area contributed by atoms with E-state index >= 15 is 0 Å². The fourth-order valence-electron chi connectivity index (χ4n) is 4.40. The van der Waals surface area contributed by atoms with E-state index in [4.69, 9.17) is 0 Å². The molecular formula is C25H31N3O3. The molecular weight excluding hydrogens is 390 g/mol. The van der Waals surface area contributed by atoms with Crippen molar-refractivity contribution in [2.75, 3.05) is 6.54 Å². The number of hydrogen-bond acceptors (Lipinski definition) is 3. The van der Waals surface area contributed by atoms with Gasteiger partial charge >= 0.3 is 0 Å². The Labute approximate surface area is 183 Å². The molecule has 0 unspecified atom stereocenters. The topological polar surface area (TPSA) is 71.4 Å². The molecule has 2 aromatic rings. The molecule has 31 heavy (non-hydrogen) atoms. The summed E-state index contributed by atoms with van der Waals surface area (Å²) < 4.78 is 1.66. The third-order valence-electron chi connectivity index (χ3n) is 6.44. The molecule has 0 radical (unpaired) electrons. The van der Waals surface area contributed by atoms with Gasteiger partial charge < -0.3 is 14.8 Å². The second kappa shape index (κ2) is 9.50. The van der Waals surface area contributed by atoms with Gasteiger partial charge in [-0.05, 0) is 55.2 Å². The van der Waals surface area contributed by atoms with Crippen LogP contribution in [0.1, 0.15) is 66.1 Å². The highest BCUT2D eigenvalue weighted by molar-refractivity contribution is 5.96. The number of fused-ring (bicyclic) bond motifs is 1. The number of nitrogens with one attached hydrogen (secondary N) is 1. The molecule has 1 N–H and O–H groups in total. The van der Waals surface area contributed by atoms with Crippen molar-refractivity contribution in [3.05, 3.63) is 69.1 Å². The van der Waals surface area contributed by atoms with Crippen LogP contribution in [-0.4, -0.2) is 33.9 Å². The number of rotatable bonds is 7. The number of aromatic nitrogens is 1. The van der Waals surface area contributed by atoms with Crippen LogP contribution in [0.15, 0.2) is 41.3 Å². The summed E-state index contributed by atoms with van der Waals surface area (Å²) in [6.45, 7) is 3.52. The maximum atomic E-state index is 13.3. The quantitative estimate of drug-likeness (QED) is 0.747. The van der Waals surface area contributed by atoms with E-state index in [9.17, 15) is 14.4 Å². The molecule has 1 aliphatic carbocycles. The van der Waals surface area contributed by atoms with Gasteiger partial charge in [0, 0.05) is 38.3 Å². The second-order valence-corrected chi connectivity index (χ2v) is 8.66. The van der Waals surface area contributed by atoms with Crippen LogP contribution in [0.3, 0.4) is 0 Å². The molecule has 1 aliphatic heterocycles. The van der Waals surface area contributed by atoms with Crippen molar-refractivity contribution >= 4 is 11.8 Å². The van der Waals surface area contributed by atoms with Gasteiger partial charge in [0.05, 0.1) is 0 Å². The molecule has 1 aromatic heterocycles. The summed E-state index contributed by atoms with van der Waals surface area (Å²) >= 11 is 0. The van der Waals surface area contributed by atoms with Crippen LogP contribution in [0.25, 0.3) is 0 Å². The third kappa shape index (κ3) is 4.73. The molecule has 2 aliphatic rings. The highest BCUT2D eigenvalue weighted by Gasteiger charge is 2.29. The lowest BCUT2D eigenvalue weighted by atomic mass is 9.91. The normalized spacial score (nSPS) is 15.8. The van der Waals surface area contributed by atoms with Crippen molar-refractivity contribution in [1.29, 1.82) is 0 Å². The lowest BCUT2D eigenvalue weighted by molar-refractivity contribution is -0.132. The molecule has 1 saturated carbocycles. The molecule has 6 heteroatoms. The SMILES string of the molecule is CCCC(=O)N1CCc2c(cn(CCc3ccccc3)c(=O)c2C(=O)NC2CCC2)C1. The minimum atomic E-state index is -0.256. The largest absolute Gasteiger partial charge is 0.349 e. The summed E-state index contributed by atoms with van der Waals surface area (Å²) in [4.78, 5) is 40.7. The van der Waals surface area contributed by atoms with Crippen molar-refractivity contribution in [2.45, 2.75) is 71.0 Å². The Bertz CT molecular complexity index is 1010. The lowest BCUT2D eigenvalue weighted by Gasteiger charge is -2.31. The van der Waals surface area contributed by atoms with Crippen molar-refractivity contribution in [3.63, 3.8) is 0 Å². The summed E-state index contributed by atoms with van der Waals surface area (Å²) in [5.41, 5.74) is 2.94. The van der Waals surface area contributed by atoms with Crippen LogP contribution in [0.2, 0.25) is 0 Å². The van der Waals surface area contributed by atoms with Gasteiger partial charge in [0.15, 0.2) is 0 Å². The maximum absolute atomic E-state index is 13.3. The number of amides is 2. The first kappa shape index (κ1) is 21.3. The van der Waals surface area contributed by atoms with E-state index in [0.29, 0.717) is 38.9 Å². The smallest absolute Gasteiger partial charge is 0.263 e. The first-order valence-electron chi connectivity index (χ1n) is 11.4. The van der Waals surface area contributed by atoms with E-state index in [-0.39, 0.29) is 29.0 Å². The molecule has 2 amide bonds. The number of hydrogen-bond donors (Lipinski definition) is 1. The number of nitrogens with zero attached hydrogens (tertiary/aromatic N) is 2. The Balaban J connectivity index is 1.65. The van der Waals surface area contributed by atoms with E-state index in [1.54, 1.807) is 4.57 Å². The van der Waals surface area contributed by atoms with Crippen LogP contribution in [0.4, 0.5) is 0 Å². The van der Waals surface area contributed by atoms with Gasteiger partial charge in [0.2, 0.25) is 5.91 Å². The number of carbonyl (C=O) groups is 2. The molecule has 2 heterocycles. The Kier molecular flexibility index (Phi) is 6.54. The monoisotopic (exact) mass is 421 g/mol. The summed E-state index contributed by atoms with van der Waals surface area (Å²) in [5, 5.41) is 3.05. The third-order valence-corrected chi connectivity index (χ3v) is 6.44. The van der Waals surface area contributed by atoms with E-state index in [2.05, 4.69) is 5.32 Å². The van der Waals surface area contributed by atoms with Gasteiger partial charge in [-0.15, -0.1) is 0 Å². The van der Waals surface area contributed by atoms with Gasteiger partial charge in [-0.25, -0.2) is 0 Å². The minimum Gasteiger partial charge on any atom is -0.349 e. The molecule has 0 saturated heterocycles. The van der Waals surface area contributed by atoms with E-state index in [0.717, 1.165) is 42.4 Å². The zero-order chi connectivity index (χ0) is 21.8. The summed E-state index contributed by atoms with van der Waals surface area (Å²) in [5.74, 6) is -0.121. The Morgan fingerprint density at radius 2 is 1.94 bits per heavy atom. The van der Waals surface area contributed by atoms with E-state index in [1.165, 1.54) is 0 Å². The number of carbonyl (C=O) groups excluding carboxylic acids is 2. The highest BCUT2D eigenvalue weighted by atomic mass is 16.2. The second-order valence-electron chi connectivity index (χ2n) is 8.66. The highest BCUT2D eigenvalue weighted by Crippen LogP contribution is 2.23.